The molecule has 1 saturated carbocycles. The lowest BCUT2D eigenvalue weighted by Gasteiger charge is -2.25. The number of rotatable bonds is 5. The number of esters is 1. The number of amides is 3. The number of non-ortho nitro benzene ring substituents is 1. The number of carbonyl (C=O) groups excluding carboxylic acids is 4. The minimum Gasteiger partial charge on any atom is -0.426 e. The molecule has 2 saturated heterocycles. The van der Waals surface area contributed by atoms with Gasteiger partial charge in [-0.3, -0.25) is 34.2 Å². The van der Waals surface area contributed by atoms with Crippen molar-refractivity contribution in [1.29, 1.82) is 0 Å². The van der Waals surface area contributed by atoms with Crippen LogP contribution in [-0.2, 0) is 19.2 Å². The van der Waals surface area contributed by atoms with E-state index in [-0.39, 0.29) is 54.0 Å². The Hall–Kier alpha value is -4.08. The van der Waals surface area contributed by atoms with Gasteiger partial charge in [0.1, 0.15) is 5.75 Å². The molecule has 0 aromatic heterocycles. The van der Waals surface area contributed by atoms with E-state index >= 15 is 0 Å². The predicted molar refractivity (Wildman–Crippen MR) is 128 cm³/mol. The van der Waals surface area contributed by atoms with E-state index < -0.39 is 16.8 Å². The minimum absolute atomic E-state index is 0.0358. The van der Waals surface area contributed by atoms with Gasteiger partial charge in [-0.25, -0.2) is 0 Å². The van der Waals surface area contributed by atoms with Gasteiger partial charge in [0.2, 0.25) is 17.7 Å². The van der Waals surface area contributed by atoms with Crippen LogP contribution >= 0.6 is 0 Å². The van der Waals surface area contributed by atoms with E-state index in [4.69, 9.17) is 4.74 Å². The first kappa shape index (κ1) is 23.7. The first-order valence-electron chi connectivity index (χ1n) is 12.0. The van der Waals surface area contributed by atoms with Gasteiger partial charge in [0, 0.05) is 30.8 Å². The largest absolute Gasteiger partial charge is 0.426 e. The average Bonchev–Trinajstić information content (AvgIpc) is 3.37. The van der Waals surface area contributed by atoms with Crippen molar-refractivity contribution < 1.29 is 28.8 Å². The Labute approximate surface area is 207 Å². The number of hydrogen-bond acceptors (Lipinski definition) is 7. The van der Waals surface area contributed by atoms with Crippen LogP contribution in [0.4, 0.5) is 17.1 Å². The summed E-state index contributed by atoms with van der Waals surface area (Å²) >= 11 is 0. The summed E-state index contributed by atoms with van der Waals surface area (Å²) in [5, 5.41) is 10.8. The minimum atomic E-state index is -0.695. The number of nitro benzene ring substituents is 1. The molecule has 2 heterocycles. The van der Waals surface area contributed by atoms with Crippen molar-refractivity contribution in [1.82, 2.24) is 0 Å². The molecule has 36 heavy (non-hydrogen) atoms. The molecule has 2 aromatic rings. The fourth-order valence-corrected chi connectivity index (χ4v) is 5.38. The highest BCUT2D eigenvalue weighted by Crippen LogP contribution is 2.42. The molecule has 3 fully saturated rings. The summed E-state index contributed by atoms with van der Waals surface area (Å²) in [7, 11) is 0. The Kier molecular flexibility index (Phi) is 6.03. The molecule has 10 heteroatoms. The molecule has 5 rings (SSSR count). The lowest BCUT2D eigenvalue weighted by molar-refractivity contribution is -0.384. The van der Waals surface area contributed by atoms with Crippen LogP contribution < -0.4 is 14.5 Å². The summed E-state index contributed by atoms with van der Waals surface area (Å²) in [6, 6.07) is 11.8. The summed E-state index contributed by atoms with van der Waals surface area (Å²) in [6.07, 6.45) is 2.35. The van der Waals surface area contributed by atoms with Gasteiger partial charge in [-0.2, -0.15) is 0 Å². The van der Waals surface area contributed by atoms with Gasteiger partial charge in [0.15, 0.2) is 0 Å². The average molecular weight is 492 g/mol. The molecular formula is C26H25N3O7. The van der Waals surface area contributed by atoms with Gasteiger partial charge < -0.3 is 9.64 Å². The van der Waals surface area contributed by atoms with Gasteiger partial charge in [0.25, 0.3) is 5.69 Å². The molecule has 0 bridgehead atoms. The maximum atomic E-state index is 12.9. The summed E-state index contributed by atoms with van der Waals surface area (Å²) in [4.78, 5) is 63.9. The van der Waals surface area contributed by atoms with Gasteiger partial charge in [-0.1, -0.05) is 6.92 Å². The third-order valence-corrected chi connectivity index (χ3v) is 7.33. The molecule has 4 atom stereocenters. The Balaban J connectivity index is 1.23. The lowest BCUT2D eigenvalue weighted by Crippen LogP contribution is -2.30. The number of hydrogen-bond donors (Lipinski definition) is 0. The van der Waals surface area contributed by atoms with Crippen molar-refractivity contribution in [3.05, 3.63) is 58.6 Å². The number of ether oxygens (including phenoxy) is 1. The first-order chi connectivity index (χ1) is 17.2. The second kappa shape index (κ2) is 9.18. The molecule has 3 aliphatic rings. The number of anilines is 2. The standard InChI is InChI=1S/C26H25N3O7/c1-15-2-11-21-22(12-15)25(32)28(24(21)31)18-7-9-20(10-8-18)36-26(33)16-13-23(30)27(14-16)17-3-5-19(6-4-17)29(34)35/h3-10,15-16,21-22H,2,11-14H2,1H3/t15-,16-,21+,22+/m1/s1. The predicted octanol–water partition coefficient (Wildman–Crippen LogP) is 3.48. The van der Waals surface area contributed by atoms with E-state index in [2.05, 4.69) is 6.92 Å². The zero-order valence-electron chi connectivity index (χ0n) is 19.7. The summed E-state index contributed by atoms with van der Waals surface area (Å²) in [5.41, 5.74) is 0.836. The van der Waals surface area contributed by atoms with E-state index in [1.807, 2.05) is 0 Å². The fourth-order valence-electron chi connectivity index (χ4n) is 5.38. The maximum Gasteiger partial charge on any atom is 0.316 e. The third-order valence-electron chi connectivity index (χ3n) is 7.33. The molecule has 2 aromatic carbocycles. The molecule has 2 aliphatic heterocycles. The highest BCUT2D eigenvalue weighted by atomic mass is 16.6. The Morgan fingerprint density at radius 1 is 0.944 bits per heavy atom. The van der Waals surface area contributed by atoms with Gasteiger partial charge in [-0.15, -0.1) is 0 Å². The molecule has 186 valence electrons. The normalized spacial score (nSPS) is 25.8. The molecule has 1 aliphatic carbocycles. The molecular weight excluding hydrogens is 466 g/mol. The molecule has 0 radical (unpaired) electrons. The highest BCUT2D eigenvalue weighted by molar-refractivity contribution is 6.22. The van der Waals surface area contributed by atoms with Crippen LogP contribution in [0.1, 0.15) is 32.6 Å². The Morgan fingerprint density at radius 3 is 2.25 bits per heavy atom. The van der Waals surface area contributed by atoms with Crippen molar-refractivity contribution >= 4 is 40.8 Å². The zero-order chi connectivity index (χ0) is 25.6. The number of imide groups is 1. The van der Waals surface area contributed by atoms with Gasteiger partial charge in [-0.05, 0) is 61.6 Å². The summed E-state index contributed by atoms with van der Waals surface area (Å²) < 4.78 is 5.47. The van der Waals surface area contributed by atoms with E-state index in [1.54, 1.807) is 12.1 Å². The molecule has 0 N–H and O–H groups in total. The van der Waals surface area contributed by atoms with E-state index in [1.165, 1.54) is 46.2 Å². The van der Waals surface area contributed by atoms with Crippen molar-refractivity contribution in [3.8, 4) is 5.75 Å². The summed E-state index contributed by atoms with van der Waals surface area (Å²) in [5.74, 6) is -1.74. The van der Waals surface area contributed by atoms with Crippen molar-refractivity contribution in [2.45, 2.75) is 32.6 Å². The summed E-state index contributed by atoms with van der Waals surface area (Å²) in [6.45, 7) is 2.20. The molecule has 10 nitrogen and oxygen atoms in total. The third kappa shape index (κ3) is 4.23. The quantitative estimate of drug-likeness (QED) is 0.206. The molecule has 3 amide bonds. The van der Waals surface area contributed by atoms with Crippen molar-refractivity contribution in [2.24, 2.45) is 23.7 Å². The number of carbonyl (C=O) groups is 4. The van der Waals surface area contributed by atoms with Gasteiger partial charge >= 0.3 is 5.97 Å². The number of nitro groups is 1. The fraction of sp³-hybridized carbons (Fsp3) is 0.385. The van der Waals surface area contributed by atoms with Gasteiger partial charge in [0.05, 0.1) is 28.4 Å². The zero-order valence-corrected chi connectivity index (χ0v) is 19.7. The topological polar surface area (TPSA) is 127 Å². The van der Waals surface area contributed by atoms with Crippen molar-refractivity contribution in [3.63, 3.8) is 0 Å². The van der Waals surface area contributed by atoms with E-state index in [9.17, 15) is 29.3 Å². The second-order valence-corrected chi connectivity index (χ2v) is 9.74. The van der Waals surface area contributed by atoms with Crippen LogP contribution in [0.3, 0.4) is 0 Å². The molecule has 0 spiro atoms. The van der Waals surface area contributed by atoms with Crippen LogP contribution in [0, 0.1) is 33.8 Å². The Bertz CT molecular complexity index is 1240. The van der Waals surface area contributed by atoms with Crippen molar-refractivity contribution in [2.75, 3.05) is 16.3 Å². The van der Waals surface area contributed by atoms with Crippen LogP contribution in [-0.4, -0.2) is 35.2 Å². The maximum absolute atomic E-state index is 12.9. The SMILES string of the molecule is C[C@@H]1CC[C@@H]2C(=O)N(c3ccc(OC(=O)[C@@H]4CC(=O)N(c5ccc([N+](=O)[O-])cc5)C4)cc3)C(=O)[C@H]2C1. The lowest BCUT2D eigenvalue weighted by atomic mass is 9.76. The second-order valence-electron chi connectivity index (χ2n) is 9.74. The monoisotopic (exact) mass is 491 g/mol. The van der Waals surface area contributed by atoms with E-state index in [0.717, 1.165) is 19.3 Å². The van der Waals surface area contributed by atoms with Crippen LogP contribution in [0.5, 0.6) is 5.75 Å². The number of benzene rings is 2. The van der Waals surface area contributed by atoms with Crippen LogP contribution in [0.15, 0.2) is 48.5 Å². The Morgan fingerprint density at radius 2 is 1.58 bits per heavy atom. The smallest absolute Gasteiger partial charge is 0.316 e. The number of nitrogens with zero attached hydrogens (tertiary/aromatic N) is 3. The highest BCUT2D eigenvalue weighted by Gasteiger charge is 2.50. The first-order valence-corrected chi connectivity index (χ1v) is 12.0. The van der Waals surface area contributed by atoms with E-state index in [0.29, 0.717) is 17.3 Å². The molecule has 0 unspecified atom stereocenters. The van der Waals surface area contributed by atoms with Crippen LogP contribution in [0.25, 0.3) is 0 Å². The number of fused-ring (bicyclic) bond motifs is 1. The van der Waals surface area contributed by atoms with Crippen LogP contribution in [0.2, 0.25) is 0 Å².